The minimum absolute atomic E-state index is 0.122. The number of sulfonamides is 1. The van der Waals surface area contributed by atoms with Gasteiger partial charge < -0.3 is 0 Å². The van der Waals surface area contributed by atoms with E-state index in [1.807, 2.05) is 24.5 Å². The lowest BCUT2D eigenvalue weighted by Gasteiger charge is -2.08. The van der Waals surface area contributed by atoms with Crippen LogP contribution in [0.15, 0.2) is 53.4 Å². The highest BCUT2D eigenvalue weighted by Crippen LogP contribution is 2.19. The molecule has 0 aliphatic rings. The molecule has 0 atom stereocenters. The predicted octanol–water partition coefficient (Wildman–Crippen LogP) is 3.22. The minimum Gasteiger partial charge on any atom is -0.283 e. The van der Waals surface area contributed by atoms with Crippen molar-refractivity contribution in [3.8, 4) is 6.07 Å². The first-order valence-corrected chi connectivity index (χ1v) is 9.04. The van der Waals surface area contributed by atoms with Crippen LogP contribution >= 0.6 is 11.8 Å². The summed E-state index contributed by atoms with van der Waals surface area (Å²) in [5, 5.41) is 8.72. The predicted molar refractivity (Wildman–Crippen MR) is 85.6 cm³/mol. The van der Waals surface area contributed by atoms with E-state index in [1.54, 1.807) is 48.2 Å². The summed E-state index contributed by atoms with van der Waals surface area (Å²) >= 11 is 1.60. The van der Waals surface area contributed by atoms with E-state index in [0.29, 0.717) is 16.8 Å². The summed E-state index contributed by atoms with van der Waals surface area (Å²) in [6.45, 7) is 0. The van der Waals surface area contributed by atoms with Crippen LogP contribution in [0.1, 0.15) is 11.1 Å². The molecule has 21 heavy (non-hydrogen) atoms. The van der Waals surface area contributed by atoms with E-state index in [4.69, 9.17) is 5.26 Å². The first-order valence-electron chi connectivity index (χ1n) is 6.16. The van der Waals surface area contributed by atoms with Crippen LogP contribution in [-0.4, -0.2) is 14.7 Å². The summed E-state index contributed by atoms with van der Waals surface area (Å²) in [5.41, 5.74) is 1.69. The third kappa shape index (κ3) is 4.52. The molecule has 2 aromatic carbocycles. The Morgan fingerprint density at radius 3 is 2.24 bits per heavy atom. The highest BCUT2D eigenvalue weighted by Gasteiger charge is 2.11. The van der Waals surface area contributed by atoms with Gasteiger partial charge in [-0.1, -0.05) is 12.1 Å². The number of benzene rings is 2. The Labute approximate surface area is 128 Å². The molecular weight excluding hydrogens is 304 g/mol. The maximum absolute atomic E-state index is 12.1. The van der Waals surface area contributed by atoms with Crippen molar-refractivity contribution in [2.24, 2.45) is 0 Å². The molecule has 2 aromatic rings. The standard InChI is InChI=1S/C15H14N2O2S2/c1-20-15-8-6-14(7-9-15)17-21(18,19)11-13-4-2-12(10-16)3-5-13/h2-9,17H,11H2,1H3. The van der Waals surface area contributed by atoms with Crippen LogP contribution in [0.3, 0.4) is 0 Å². The van der Waals surface area contributed by atoms with E-state index in [9.17, 15) is 8.42 Å². The fraction of sp³-hybridized carbons (Fsp3) is 0.133. The van der Waals surface area contributed by atoms with Gasteiger partial charge in [-0.2, -0.15) is 5.26 Å². The van der Waals surface area contributed by atoms with Gasteiger partial charge in [0.2, 0.25) is 10.0 Å². The Morgan fingerprint density at radius 2 is 1.71 bits per heavy atom. The maximum atomic E-state index is 12.1. The number of hydrogen-bond acceptors (Lipinski definition) is 4. The van der Waals surface area contributed by atoms with E-state index in [-0.39, 0.29) is 5.75 Å². The Hall–Kier alpha value is -1.97. The molecule has 0 radical (unpaired) electrons. The highest BCUT2D eigenvalue weighted by atomic mass is 32.2. The summed E-state index contributed by atoms with van der Waals surface area (Å²) < 4.78 is 26.7. The minimum atomic E-state index is -3.47. The Kier molecular flexibility index (Phi) is 4.89. The van der Waals surface area contributed by atoms with Gasteiger partial charge in [0.1, 0.15) is 0 Å². The quantitative estimate of drug-likeness (QED) is 0.859. The molecule has 2 rings (SSSR count). The van der Waals surface area contributed by atoms with Gasteiger partial charge in [0.25, 0.3) is 0 Å². The summed E-state index contributed by atoms with van der Waals surface area (Å²) in [6.07, 6.45) is 1.96. The van der Waals surface area contributed by atoms with E-state index in [2.05, 4.69) is 4.72 Å². The molecule has 0 amide bonds. The number of thioether (sulfide) groups is 1. The maximum Gasteiger partial charge on any atom is 0.236 e. The van der Waals surface area contributed by atoms with E-state index in [1.165, 1.54) is 0 Å². The van der Waals surface area contributed by atoms with Gasteiger partial charge in [0.05, 0.1) is 17.4 Å². The average Bonchev–Trinajstić information content (AvgIpc) is 2.48. The molecule has 0 unspecified atom stereocenters. The molecule has 6 heteroatoms. The van der Waals surface area contributed by atoms with E-state index in [0.717, 1.165) is 4.90 Å². The van der Waals surface area contributed by atoms with Gasteiger partial charge >= 0.3 is 0 Å². The molecular formula is C15H14N2O2S2. The molecule has 0 aliphatic carbocycles. The Morgan fingerprint density at radius 1 is 1.10 bits per heavy atom. The lowest BCUT2D eigenvalue weighted by Crippen LogP contribution is -2.15. The largest absolute Gasteiger partial charge is 0.283 e. The third-order valence-corrected chi connectivity index (χ3v) is 4.81. The number of nitriles is 1. The zero-order valence-corrected chi connectivity index (χ0v) is 13.0. The van der Waals surface area contributed by atoms with Crippen LogP contribution in [0.5, 0.6) is 0 Å². The monoisotopic (exact) mass is 318 g/mol. The van der Waals surface area contributed by atoms with Crippen molar-refractivity contribution in [2.45, 2.75) is 10.6 Å². The van der Waals surface area contributed by atoms with Gasteiger partial charge in [0.15, 0.2) is 0 Å². The van der Waals surface area contributed by atoms with Crippen molar-refractivity contribution in [1.29, 1.82) is 5.26 Å². The topological polar surface area (TPSA) is 70.0 Å². The van der Waals surface area contributed by atoms with Gasteiger partial charge in [-0.15, -0.1) is 11.8 Å². The smallest absolute Gasteiger partial charge is 0.236 e. The molecule has 0 fully saturated rings. The van der Waals surface area contributed by atoms with Gasteiger partial charge in [-0.25, -0.2) is 8.42 Å². The van der Waals surface area contributed by atoms with Crippen molar-refractivity contribution in [3.63, 3.8) is 0 Å². The first-order chi connectivity index (χ1) is 10.0. The summed E-state index contributed by atoms with van der Waals surface area (Å²) in [6, 6.07) is 15.7. The summed E-state index contributed by atoms with van der Waals surface area (Å²) in [7, 11) is -3.47. The molecule has 0 aliphatic heterocycles. The Balaban J connectivity index is 2.08. The molecule has 1 N–H and O–H groups in total. The number of nitrogens with zero attached hydrogens (tertiary/aromatic N) is 1. The van der Waals surface area contributed by atoms with E-state index >= 15 is 0 Å². The van der Waals surface area contributed by atoms with Crippen LogP contribution < -0.4 is 4.72 Å². The number of rotatable bonds is 5. The molecule has 4 nitrogen and oxygen atoms in total. The second-order valence-electron chi connectivity index (χ2n) is 4.40. The lowest BCUT2D eigenvalue weighted by atomic mass is 10.2. The van der Waals surface area contributed by atoms with Gasteiger partial charge in [0, 0.05) is 10.6 Å². The molecule has 0 saturated carbocycles. The fourth-order valence-electron chi connectivity index (χ4n) is 1.77. The van der Waals surface area contributed by atoms with Crippen molar-refractivity contribution in [2.75, 3.05) is 11.0 Å². The normalized spacial score (nSPS) is 10.9. The summed E-state index contributed by atoms with van der Waals surface area (Å²) in [5.74, 6) is -0.122. The SMILES string of the molecule is CSc1ccc(NS(=O)(=O)Cc2ccc(C#N)cc2)cc1. The molecule has 0 saturated heterocycles. The van der Waals surface area contributed by atoms with Crippen LogP contribution in [0.25, 0.3) is 0 Å². The van der Waals surface area contributed by atoms with Crippen molar-refractivity contribution >= 4 is 27.5 Å². The second kappa shape index (κ2) is 6.66. The average molecular weight is 318 g/mol. The molecule has 0 bridgehead atoms. The number of hydrogen-bond donors (Lipinski definition) is 1. The highest BCUT2D eigenvalue weighted by molar-refractivity contribution is 7.98. The van der Waals surface area contributed by atoms with Crippen LogP contribution in [0, 0.1) is 11.3 Å². The van der Waals surface area contributed by atoms with Gasteiger partial charge in [-0.3, -0.25) is 4.72 Å². The van der Waals surface area contributed by atoms with E-state index < -0.39 is 10.0 Å². The third-order valence-electron chi connectivity index (χ3n) is 2.80. The van der Waals surface area contributed by atoms with Crippen LogP contribution in [0.2, 0.25) is 0 Å². The van der Waals surface area contributed by atoms with Crippen LogP contribution in [0.4, 0.5) is 5.69 Å². The molecule has 0 heterocycles. The number of anilines is 1. The molecule has 108 valence electrons. The fourth-order valence-corrected chi connectivity index (χ4v) is 3.38. The summed E-state index contributed by atoms with van der Waals surface area (Å²) in [4.78, 5) is 1.07. The van der Waals surface area contributed by atoms with Crippen LogP contribution in [-0.2, 0) is 15.8 Å². The lowest BCUT2D eigenvalue weighted by molar-refractivity contribution is 0.600. The Bertz CT molecular complexity index is 746. The molecule has 0 aromatic heterocycles. The zero-order chi connectivity index (χ0) is 15.3. The molecule has 0 spiro atoms. The zero-order valence-electron chi connectivity index (χ0n) is 11.4. The van der Waals surface area contributed by atoms with Crippen molar-refractivity contribution < 1.29 is 8.42 Å². The van der Waals surface area contributed by atoms with Crippen molar-refractivity contribution in [3.05, 3.63) is 59.7 Å². The first kappa shape index (κ1) is 15.4. The van der Waals surface area contributed by atoms with Crippen molar-refractivity contribution in [1.82, 2.24) is 0 Å². The van der Waals surface area contributed by atoms with Gasteiger partial charge in [-0.05, 0) is 48.2 Å². The second-order valence-corrected chi connectivity index (χ2v) is 7.00. The number of nitrogens with one attached hydrogen (secondary N) is 1.